The van der Waals surface area contributed by atoms with Crippen molar-refractivity contribution in [3.8, 4) is 0 Å². The van der Waals surface area contributed by atoms with Crippen LogP contribution in [-0.4, -0.2) is 25.6 Å². The molecule has 0 saturated heterocycles. The summed E-state index contributed by atoms with van der Waals surface area (Å²) in [6.07, 6.45) is 6.42. The van der Waals surface area contributed by atoms with Gasteiger partial charge in [-0.1, -0.05) is 57.2 Å². The van der Waals surface area contributed by atoms with Gasteiger partial charge in [0.2, 0.25) is 0 Å². The lowest BCUT2D eigenvalue weighted by Crippen LogP contribution is -2.16. The fourth-order valence-corrected chi connectivity index (χ4v) is 2.10. The Labute approximate surface area is 145 Å². The monoisotopic (exact) mass is 331 g/mol. The molecule has 0 saturated carbocycles. The van der Waals surface area contributed by atoms with E-state index >= 15 is 0 Å². The first-order valence-electron chi connectivity index (χ1n) is 8.46. The van der Waals surface area contributed by atoms with Gasteiger partial charge in [0.1, 0.15) is 19.0 Å². The number of benzene rings is 1. The first-order chi connectivity index (χ1) is 11.6. The summed E-state index contributed by atoms with van der Waals surface area (Å²) in [5.41, 5.74) is 6.88. The van der Waals surface area contributed by atoms with E-state index in [0.717, 1.165) is 6.42 Å². The molecule has 0 spiro atoms. The number of ketones is 1. The van der Waals surface area contributed by atoms with Crippen molar-refractivity contribution in [1.29, 1.82) is 0 Å². The Kier molecular flexibility index (Phi) is 9.54. The van der Waals surface area contributed by atoms with Gasteiger partial charge in [0, 0.05) is 18.0 Å². The number of hydrogen-bond donors (Lipinski definition) is 1. The SMILES string of the molecule is CCC(/C=C\C(=C/N)OCCOCC(=O)C(C)C)c1ccccc1. The number of rotatable bonds is 11. The standard InChI is InChI=1S/C20H29NO3/c1-4-17(18-8-6-5-7-9-18)10-11-19(14-21)24-13-12-23-15-20(22)16(2)3/h5-11,14,16-17H,4,12-13,15,21H2,1-3H3/b11-10-,19-14+. The van der Waals surface area contributed by atoms with Crippen LogP contribution in [0.4, 0.5) is 0 Å². The largest absolute Gasteiger partial charge is 0.490 e. The number of carbonyl (C=O) groups is 1. The van der Waals surface area contributed by atoms with Crippen LogP contribution >= 0.6 is 0 Å². The zero-order valence-electron chi connectivity index (χ0n) is 14.9. The van der Waals surface area contributed by atoms with E-state index < -0.39 is 0 Å². The molecule has 4 nitrogen and oxygen atoms in total. The molecule has 0 aromatic heterocycles. The zero-order chi connectivity index (χ0) is 17.8. The summed E-state index contributed by atoms with van der Waals surface area (Å²) in [5.74, 6) is 1.02. The lowest BCUT2D eigenvalue weighted by molar-refractivity contribution is -0.126. The highest BCUT2D eigenvalue weighted by atomic mass is 16.5. The molecule has 0 heterocycles. The fraction of sp³-hybridized carbons (Fsp3) is 0.450. The maximum atomic E-state index is 11.4. The average molecular weight is 331 g/mol. The highest BCUT2D eigenvalue weighted by molar-refractivity contribution is 5.81. The molecule has 0 radical (unpaired) electrons. The molecule has 0 fully saturated rings. The normalized spacial score (nSPS) is 13.4. The summed E-state index contributed by atoms with van der Waals surface area (Å²) in [5, 5.41) is 0. The molecular formula is C20H29NO3. The van der Waals surface area contributed by atoms with Crippen LogP contribution in [0.15, 0.2) is 54.4 Å². The van der Waals surface area contributed by atoms with Crippen molar-refractivity contribution < 1.29 is 14.3 Å². The topological polar surface area (TPSA) is 61.6 Å². The van der Waals surface area contributed by atoms with Crippen molar-refractivity contribution in [2.75, 3.05) is 19.8 Å². The van der Waals surface area contributed by atoms with Gasteiger partial charge < -0.3 is 15.2 Å². The molecular weight excluding hydrogens is 302 g/mol. The number of ether oxygens (including phenoxy) is 2. The third kappa shape index (κ3) is 7.47. The Bertz CT molecular complexity index is 535. The molecule has 2 N–H and O–H groups in total. The summed E-state index contributed by atoms with van der Waals surface area (Å²) in [4.78, 5) is 11.4. The van der Waals surface area contributed by atoms with Crippen molar-refractivity contribution in [3.63, 3.8) is 0 Å². The van der Waals surface area contributed by atoms with Gasteiger partial charge in [-0.3, -0.25) is 4.79 Å². The Hall–Kier alpha value is -2.07. The van der Waals surface area contributed by atoms with Gasteiger partial charge in [-0.2, -0.15) is 0 Å². The van der Waals surface area contributed by atoms with Crippen molar-refractivity contribution in [1.82, 2.24) is 0 Å². The summed E-state index contributed by atoms with van der Waals surface area (Å²) >= 11 is 0. The molecule has 0 aliphatic carbocycles. The van der Waals surface area contributed by atoms with Gasteiger partial charge in [-0.05, 0) is 18.1 Å². The smallest absolute Gasteiger partial charge is 0.160 e. The number of hydrogen-bond acceptors (Lipinski definition) is 4. The third-order valence-electron chi connectivity index (χ3n) is 3.71. The highest BCUT2D eigenvalue weighted by Gasteiger charge is 2.07. The third-order valence-corrected chi connectivity index (χ3v) is 3.71. The molecule has 1 aromatic carbocycles. The van der Waals surface area contributed by atoms with Gasteiger partial charge in [0.05, 0.1) is 6.61 Å². The molecule has 0 aliphatic rings. The van der Waals surface area contributed by atoms with E-state index in [1.165, 1.54) is 11.8 Å². The van der Waals surface area contributed by atoms with E-state index in [4.69, 9.17) is 15.2 Å². The first kappa shape index (κ1) is 20.0. The van der Waals surface area contributed by atoms with Gasteiger partial charge in [0.15, 0.2) is 5.78 Å². The number of allylic oxidation sites excluding steroid dienone is 2. The van der Waals surface area contributed by atoms with Crippen molar-refractivity contribution in [3.05, 3.63) is 60.0 Å². The van der Waals surface area contributed by atoms with E-state index in [1.54, 1.807) is 0 Å². The minimum Gasteiger partial charge on any atom is -0.490 e. The van der Waals surface area contributed by atoms with Crippen LogP contribution in [0, 0.1) is 5.92 Å². The minimum atomic E-state index is -0.00249. The Morgan fingerprint density at radius 1 is 1.21 bits per heavy atom. The predicted molar refractivity (Wildman–Crippen MR) is 97.5 cm³/mol. The summed E-state index contributed by atoms with van der Waals surface area (Å²) in [6.45, 7) is 6.72. The molecule has 0 aliphatic heterocycles. The van der Waals surface area contributed by atoms with Crippen LogP contribution in [0.2, 0.25) is 0 Å². The number of nitrogens with two attached hydrogens (primary N) is 1. The number of carbonyl (C=O) groups excluding carboxylic acids is 1. The summed E-state index contributed by atoms with van der Waals surface area (Å²) in [7, 11) is 0. The molecule has 1 aromatic rings. The fourth-order valence-electron chi connectivity index (χ4n) is 2.10. The van der Waals surface area contributed by atoms with Crippen molar-refractivity contribution in [2.24, 2.45) is 11.7 Å². The Balaban J connectivity index is 2.40. The zero-order valence-corrected chi connectivity index (χ0v) is 14.9. The van der Waals surface area contributed by atoms with Gasteiger partial charge >= 0.3 is 0 Å². The van der Waals surface area contributed by atoms with Crippen LogP contribution in [0.5, 0.6) is 0 Å². The van der Waals surface area contributed by atoms with E-state index in [0.29, 0.717) is 24.9 Å². The molecule has 1 unspecified atom stereocenters. The molecule has 132 valence electrons. The lowest BCUT2D eigenvalue weighted by Gasteiger charge is -2.11. The molecule has 4 heteroatoms. The second-order valence-electron chi connectivity index (χ2n) is 5.88. The molecule has 0 amide bonds. The van der Waals surface area contributed by atoms with Crippen LogP contribution in [0.3, 0.4) is 0 Å². The summed E-state index contributed by atoms with van der Waals surface area (Å²) in [6, 6.07) is 10.3. The Morgan fingerprint density at radius 2 is 1.92 bits per heavy atom. The van der Waals surface area contributed by atoms with E-state index in [2.05, 4.69) is 25.1 Å². The van der Waals surface area contributed by atoms with E-state index in [9.17, 15) is 4.79 Å². The lowest BCUT2D eigenvalue weighted by atomic mass is 9.96. The molecule has 1 atom stereocenters. The van der Waals surface area contributed by atoms with Gasteiger partial charge in [0.25, 0.3) is 0 Å². The Morgan fingerprint density at radius 3 is 2.50 bits per heavy atom. The van der Waals surface area contributed by atoms with Crippen molar-refractivity contribution >= 4 is 5.78 Å². The maximum Gasteiger partial charge on any atom is 0.160 e. The average Bonchev–Trinajstić information content (AvgIpc) is 2.60. The van der Waals surface area contributed by atoms with Crippen molar-refractivity contribution in [2.45, 2.75) is 33.1 Å². The summed E-state index contributed by atoms with van der Waals surface area (Å²) < 4.78 is 10.9. The van der Waals surface area contributed by atoms with Gasteiger partial charge in [-0.15, -0.1) is 0 Å². The quantitative estimate of drug-likeness (QED) is 0.381. The first-order valence-corrected chi connectivity index (χ1v) is 8.46. The predicted octanol–water partition coefficient (Wildman–Crippen LogP) is 3.79. The van der Waals surface area contributed by atoms with Gasteiger partial charge in [-0.25, -0.2) is 0 Å². The molecule has 0 bridgehead atoms. The van der Waals surface area contributed by atoms with E-state index in [-0.39, 0.29) is 18.3 Å². The van der Waals surface area contributed by atoms with Crippen LogP contribution in [0.1, 0.15) is 38.7 Å². The van der Waals surface area contributed by atoms with Crippen LogP contribution in [-0.2, 0) is 14.3 Å². The molecule has 24 heavy (non-hydrogen) atoms. The number of Topliss-reactive ketones (excluding diaryl/α,β-unsaturated/α-hetero) is 1. The maximum absolute atomic E-state index is 11.4. The van der Waals surface area contributed by atoms with Crippen LogP contribution < -0.4 is 5.73 Å². The minimum absolute atomic E-state index is 0.00249. The van der Waals surface area contributed by atoms with Crippen LogP contribution in [0.25, 0.3) is 0 Å². The second kappa shape index (κ2) is 11.5. The van der Waals surface area contributed by atoms with E-state index in [1.807, 2.05) is 38.1 Å². The molecule has 1 rings (SSSR count). The highest BCUT2D eigenvalue weighted by Crippen LogP contribution is 2.21. The second-order valence-corrected chi connectivity index (χ2v) is 5.88.